The molecule has 0 saturated carbocycles. The standard InChI is InChI=1S/C15H25N5O/c1-3-4-13-18-14(17-2)10-15(19-13)20-7-5-11(6-8-20)9-12(16)21/h10-11H,3-9H2,1-2H3,(H2,16,21)(H,17,18,19). The van der Waals surface area contributed by atoms with E-state index in [0.717, 1.165) is 56.2 Å². The van der Waals surface area contributed by atoms with Crippen LogP contribution in [0.5, 0.6) is 0 Å². The zero-order valence-corrected chi connectivity index (χ0v) is 12.9. The van der Waals surface area contributed by atoms with E-state index in [-0.39, 0.29) is 5.91 Å². The maximum atomic E-state index is 11.0. The maximum absolute atomic E-state index is 11.0. The average Bonchev–Trinajstić information content (AvgIpc) is 2.47. The highest BCUT2D eigenvalue weighted by molar-refractivity contribution is 5.74. The molecule has 2 heterocycles. The average molecular weight is 291 g/mol. The predicted octanol–water partition coefficient (Wildman–Crippen LogP) is 1.56. The molecule has 0 radical (unpaired) electrons. The summed E-state index contributed by atoms with van der Waals surface area (Å²) in [6.45, 7) is 3.97. The van der Waals surface area contributed by atoms with Crippen LogP contribution in [0, 0.1) is 5.92 Å². The maximum Gasteiger partial charge on any atom is 0.217 e. The molecule has 1 aromatic heterocycles. The summed E-state index contributed by atoms with van der Waals surface area (Å²) in [5.74, 6) is 2.95. The Labute approximate surface area is 126 Å². The zero-order valence-electron chi connectivity index (χ0n) is 12.9. The molecule has 6 nitrogen and oxygen atoms in total. The van der Waals surface area contributed by atoms with Gasteiger partial charge in [0.2, 0.25) is 5.91 Å². The molecule has 0 spiro atoms. The van der Waals surface area contributed by atoms with Gasteiger partial charge in [0.15, 0.2) is 0 Å². The molecule has 6 heteroatoms. The number of amides is 1. The summed E-state index contributed by atoms with van der Waals surface area (Å²) >= 11 is 0. The van der Waals surface area contributed by atoms with Gasteiger partial charge in [0, 0.05) is 39.0 Å². The van der Waals surface area contributed by atoms with Gasteiger partial charge in [-0.05, 0) is 25.2 Å². The largest absolute Gasteiger partial charge is 0.373 e. The number of nitrogens with one attached hydrogen (secondary N) is 1. The van der Waals surface area contributed by atoms with Crippen molar-refractivity contribution >= 4 is 17.5 Å². The van der Waals surface area contributed by atoms with Crippen LogP contribution in [0.4, 0.5) is 11.6 Å². The van der Waals surface area contributed by atoms with E-state index in [1.165, 1.54) is 0 Å². The van der Waals surface area contributed by atoms with E-state index < -0.39 is 0 Å². The van der Waals surface area contributed by atoms with Gasteiger partial charge in [-0.2, -0.15) is 0 Å². The van der Waals surface area contributed by atoms with Crippen molar-refractivity contribution in [3.8, 4) is 0 Å². The fourth-order valence-electron chi connectivity index (χ4n) is 2.76. The highest BCUT2D eigenvalue weighted by Gasteiger charge is 2.22. The van der Waals surface area contributed by atoms with Crippen molar-refractivity contribution in [2.45, 2.75) is 39.0 Å². The second kappa shape index (κ2) is 7.24. The fourth-order valence-corrected chi connectivity index (χ4v) is 2.76. The number of hydrogen-bond donors (Lipinski definition) is 2. The van der Waals surface area contributed by atoms with Gasteiger partial charge >= 0.3 is 0 Å². The van der Waals surface area contributed by atoms with Crippen LogP contribution in [0.25, 0.3) is 0 Å². The molecule has 1 aliphatic heterocycles. The number of rotatable bonds is 6. The third kappa shape index (κ3) is 4.31. The summed E-state index contributed by atoms with van der Waals surface area (Å²) in [6, 6.07) is 1.99. The number of aromatic nitrogens is 2. The summed E-state index contributed by atoms with van der Waals surface area (Å²) < 4.78 is 0. The molecular weight excluding hydrogens is 266 g/mol. The number of nitrogens with zero attached hydrogens (tertiary/aromatic N) is 3. The van der Waals surface area contributed by atoms with Crippen molar-refractivity contribution in [2.24, 2.45) is 11.7 Å². The first-order valence-corrected chi connectivity index (χ1v) is 7.71. The second-order valence-corrected chi connectivity index (χ2v) is 5.63. The first-order valence-electron chi connectivity index (χ1n) is 7.71. The van der Waals surface area contributed by atoms with Crippen LogP contribution in [0.15, 0.2) is 6.07 Å². The van der Waals surface area contributed by atoms with E-state index in [4.69, 9.17) is 5.73 Å². The number of carbonyl (C=O) groups excluding carboxylic acids is 1. The van der Waals surface area contributed by atoms with Crippen molar-refractivity contribution in [3.05, 3.63) is 11.9 Å². The van der Waals surface area contributed by atoms with Gasteiger partial charge in [0.25, 0.3) is 0 Å². The van der Waals surface area contributed by atoms with Crippen molar-refractivity contribution in [1.29, 1.82) is 0 Å². The Hall–Kier alpha value is -1.85. The highest BCUT2D eigenvalue weighted by Crippen LogP contribution is 2.25. The summed E-state index contributed by atoms with van der Waals surface area (Å²) in [5, 5.41) is 3.10. The van der Waals surface area contributed by atoms with E-state index in [2.05, 4.69) is 27.1 Å². The number of carbonyl (C=O) groups is 1. The van der Waals surface area contributed by atoms with Gasteiger partial charge in [-0.1, -0.05) is 6.92 Å². The lowest BCUT2D eigenvalue weighted by molar-refractivity contribution is -0.119. The quantitative estimate of drug-likeness (QED) is 0.831. The molecular formula is C15H25N5O. The number of piperidine rings is 1. The lowest BCUT2D eigenvalue weighted by Crippen LogP contribution is -2.35. The molecule has 3 N–H and O–H groups in total. The number of aryl methyl sites for hydroxylation is 1. The van der Waals surface area contributed by atoms with Crippen LogP contribution in [0.1, 0.15) is 38.4 Å². The molecule has 0 atom stereocenters. The molecule has 1 saturated heterocycles. The Morgan fingerprint density at radius 1 is 1.43 bits per heavy atom. The Bertz CT molecular complexity index is 483. The van der Waals surface area contributed by atoms with Gasteiger partial charge in [-0.25, -0.2) is 9.97 Å². The molecule has 1 aliphatic rings. The summed E-state index contributed by atoms with van der Waals surface area (Å²) in [6.07, 6.45) is 4.41. The predicted molar refractivity (Wildman–Crippen MR) is 84.3 cm³/mol. The number of nitrogens with two attached hydrogens (primary N) is 1. The third-order valence-corrected chi connectivity index (χ3v) is 3.92. The van der Waals surface area contributed by atoms with Gasteiger partial charge in [-0.3, -0.25) is 4.79 Å². The van der Waals surface area contributed by atoms with Crippen molar-refractivity contribution in [3.63, 3.8) is 0 Å². The normalized spacial score (nSPS) is 16.0. The summed E-state index contributed by atoms with van der Waals surface area (Å²) in [7, 11) is 1.88. The molecule has 1 aromatic rings. The zero-order chi connectivity index (χ0) is 15.2. The van der Waals surface area contributed by atoms with E-state index in [0.29, 0.717) is 12.3 Å². The van der Waals surface area contributed by atoms with Crippen molar-refractivity contribution in [2.75, 3.05) is 30.4 Å². The molecule has 0 unspecified atom stereocenters. The molecule has 2 rings (SSSR count). The second-order valence-electron chi connectivity index (χ2n) is 5.63. The topological polar surface area (TPSA) is 84.1 Å². The van der Waals surface area contributed by atoms with Gasteiger partial charge < -0.3 is 16.0 Å². The summed E-state index contributed by atoms with van der Waals surface area (Å²) in [5.41, 5.74) is 5.28. The summed E-state index contributed by atoms with van der Waals surface area (Å²) in [4.78, 5) is 22.4. The van der Waals surface area contributed by atoms with Gasteiger partial charge in [0.1, 0.15) is 17.5 Å². The Kier molecular flexibility index (Phi) is 5.36. The van der Waals surface area contributed by atoms with Gasteiger partial charge in [0.05, 0.1) is 0 Å². The SMILES string of the molecule is CCCc1nc(NC)cc(N2CCC(CC(N)=O)CC2)n1. The van der Waals surface area contributed by atoms with Crippen LogP contribution in [-0.4, -0.2) is 36.0 Å². The van der Waals surface area contributed by atoms with Crippen molar-refractivity contribution < 1.29 is 4.79 Å². The Balaban J connectivity index is 2.05. The number of anilines is 2. The van der Waals surface area contributed by atoms with Crippen LogP contribution in [0.2, 0.25) is 0 Å². The monoisotopic (exact) mass is 291 g/mol. The molecule has 0 aromatic carbocycles. The molecule has 0 aliphatic carbocycles. The first kappa shape index (κ1) is 15.5. The van der Waals surface area contributed by atoms with Crippen LogP contribution in [-0.2, 0) is 11.2 Å². The smallest absolute Gasteiger partial charge is 0.217 e. The lowest BCUT2D eigenvalue weighted by Gasteiger charge is -2.32. The van der Waals surface area contributed by atoms with E-state index in [1.807, 2.05) is 13.1 Å². The van der Waals surface area contributed by atoms with E-state index in [9.17, 15) is 4.79 Å². The molecule has 116 valence electrons. The minimum absolute atomic E-state index is 0.196. The Morgan fingerprint density at radius 3 is 2.71 bits per heavy atom. The number of primary amides is 1. The minimum atomic E-state index is -0.196. The third-order valence-electron chi connectivity index (χ3n) is 3.92. The fraction of sp³-hybridized carbons (Fsp3) is 0.667. The van der Waals surface area contributed by atoms with E-state index in [1.54, 1.807) is 0 Å². The first-order chi connectivity index (χ1) is 10.1. The highest BCUT2D eigenvalue weighted by atomic mass is 16.1. The van der Waals surface area contributed by atoms with Crippen molar-refractivity contribution in [1.82, 2.24) is 9.97 Å². The Morgan fingerprint density at radius 2 is 2.14 bits per heavy atom. The van der Waals surface area contributed by atoms with Crippen LogP contribution in [0.3, 0.4) is 0 Å². The lowest BCUT2D eigenvalue weighted by atomic mass is 9.93. The number of hydrogen-bond acceptors (Lipinski definition) is 5. The molecule has 1 fully saturated rings. The molecule has 1 amide bonds. The molecule has 21 heavy (non-hydrogen) atoms. The van der Waals surface area contributed by atoms with Crippen LogP contribution >= 0.6 is 0 Å². The van der Waals surface area contributed by atoms with E-state index >= 15 is 0 Å². The minimum Gasteiger partial charge on any atom is -0.373 e. The molecule has 0 bridgehead atoms. The van der Waals surface area contributed by atoms with Crippen LogP contribution < -0.4 is 16.0 Å². The van der Waals surface area contributed by atoms with Gasteiger partial charge in [-0.15, -0.1) is 0 Å².